The Morgan fingerprint density at radius 1 is 0.971 bits per heavy atom. The zero-order valence-electron chi connectivity index (χ0n) is 18.8. The second kappa shape index (κ2) is 10.4. The third-order valence-corrected chi connectivity index (χ3v) is 6.63. The second-order valence-electron chi connectivity index (χ2n) is 7.50. The molecule has 34 heavy (non-hydrogen) atoms. The van der Waals surface area contributed by atoms with Crippen molar-refractivity contribution in [1.82, 2.24) is 0 Å². The molecule has 1 aliphatic heterocycles. The first kappa shape index (κ1) is 23.9. The molecule has 0 bridgehead atoms. The van der Waals surface area contributed by atoms with Gasteiger partial charge in [0.1, 0.15) is 12.4 Å². The Balaban J connectivity index is 1.59. The van der Waals surface area contributed by atoms with Gasteiger partial charge in [0.15, 0.2) is 11.5 Å². The van der Waals surface area contributed by atoms with Gasteiger partial charge in [0.2, 0.25) is 0 Å². The summed E-state index contributed by atoms with van der Waals surface area (Å²) in [6, 6.07) is 18.6. The number of amides is 2. The van der Waals surface area contributed by atoms with E-state index in [0.29, 0.717) is 44.5 Å². The van der Waals surface area contributed by atoms with Crippen molar-refractivity contribution in [3.8, 4) is 17.2 Å². The molecule has 3 aromatic rings. The van der Waals surface area contributed by atoms with Crippen LogP contribution in [0.2, 0.25) is 0 Å². The molecule has 0 aromatic heterocycles. The molecular weight excluding hydrogens is 518 g/mol. The summed E-state index contributed by atoms with van der Waals surface area (Å²) in [5, 5.41) is -0.384. The first-order chi connectivity index (χ1) is 16.4. The number of thioether (sulfide) groups is 1. The maximum Gasteiger partial charge on any atom is 0.298 e. The van der Waals surface area contributed by atoms with E-state index in [9.17, 15) is 9.59 Å². The SMILES string of the molecule is COc1ccccc1N1C(=O)S/C(=C\c2cc(Br)c(OCc3ccc(C)cc3)c(OC)c2)C1=O. The van der Waals surface area contributed by atoms with Gasteiger partial charge in [-0.1, -0.05) is 42.0 Å². The standard InChI is InChI=1S/C26H22BrNO5S/c1-16-8-10-17(11-9-16)15-33-24-19(27)12-18(13-22(24)32-3)14-23-25(29)28(26(30)34-23)20-6-4-5-7-21(20)31-2/h4-14H,15H2,1-3H3/b23-14-. The molecule has 6 nitrogen and oxygen atoms in total. The van der Waals surface area contributed by atoms with E-state index < -0.39 is 5.91 Å². The Morgan fingerprint density at radius 3 is 2.38 bits per heavy atom. The van der Waals surface area contributed by atoms with Gasteiger partial charge in [0, 0.05) is 0 Å². The molecule has 0 radical (unpaired) electrons. The van der Waals surface area contributed by atoms with Crippen molar-refractivity contribution >= 4 is 50.6 Å². The number of halogens is 1. The molecule has 1 aliphatic rings. The highest BCUT2D eigenvalue weighted by atomic mass is 79.9. The summed E-state index contributed by atoms with van der Waals surface area (Å²) in [7, 11) is 3.06. The fourth-order valence-corrected chi connectivity index (χ4v) is 4.85. The van der Waals surface area contributed by atoms with Crippen LogP contribution < -0.4 is 19.1 Å². The molecule has 1 fully saturated rings. The summed E-state index contributed by atoms with van der Waals surface area (Å²) < 4.78 is 17.5. The van der Waals surface area contributed by atoms with Crippen LogP contribution >= 0.6 is 27.7 Å². The van der Waals surface area contributed by atoms with Gasteiger partial charge in [-0.05, 0) is 76.1 Å². The van der Waals surface area contributed by atoms with Gasteiger partial charge in [-0.2, -0.15) is 0 Å². The molecule has 0 aliphatic carbocycles. The zero-order chi connectivity index (χ0) is 24.2. The highest BCUT2D eigenvalue weighted by Gasteiger charge is 2.37. The first-order valence-corrected chi connectivity index (χ1v) is 12.0. The summed E-state index contributed by atoms with van der Waals surface area (Å²) in [4.78, 5) is 27.2. The molecule has 8 heteroatoms. The molecule has 174 valence electrons. The van der Waals surface area contributed by atoms with Crippen LogP contribution in [0, 0.1) is 6.92 Å². The highest BCUT2D eigenvalue weighted by Crippen LogP contribution is 2.42. The van der Waals surface area contributed by atoms with E-state index in [1.54, 1.807) is 43.5 Å². The number of anilines is 1. The van der Waals surface area contributed by atoms with Crippen molar-refractivity contribution < 1.29 is 23.8 Å². The summed E-state index contributed by atoms with van der Waals surface area (Å²) in [6.45, 7) is 2.42. The van der Waals surface area contributed by atoms with Crippen LogP contribution in [0.25, 0.3) is 6.08 Å². The van der Waals surface area contributed by atoms with Gasteiger partial charge in [0.25, 0.3) is 11.1 Å². The van der Waals surface area contributed by atoms with Gasteiger partial charge < -0.3 is 14.2 Å². The van der Waals surface area contributed by atoms with Gasteiger partial charge in [-0.15, -0.1) is 0 Å². The van der Waals surface area contributed by atoms with Crippen LogP contribution in [0.4, 0.5) is 10.5 Å². The molecule has 4 rings (SSSR count). The van der Waals surface area contributed by atoms with Crippen molar-refractivity contribution in [2.45, 2.75) is 13.5 Å². The van der Waals surface area contributed by atoms with Crippen molar-refractivity contribution in [2.75, 3.05) is 19.1 Å². The molecule has 0 spiro atoms. The maximum absolute atomic E-state index is 13.1. The predicted molar refractivity (Wildman–Crippen MR) is 138 cm³/mol. The second-order valence-corrected chi connectivity index (χ2v) is 9.34. The van der Waals surface area contributed by atoms with Crippen LogP contribution in [0.5, 0.6) is 17.2 Å². The molecule has 3 aromatic carbocycles. The fourth-order valence-electron chi connectivity index (χ4n) is 3.44. The average molecular weight is 540 g/mol. The van der Waals surface area contributed by atoms with E-state index in [1.807, 2.05) is 37.3 Å². The molecular formula is C26H22BrNO5S. The van der Waals surface area contributed by atoms with E-state index >= 15 is 0 Å². The molecule has 0 N–H and O–H groups in total. The quantitative estimate of drug-likeness (QED) is 0.315. The number of carbonyl (C=O) groups excluding carboxylic acids is 2. The minimum atomic E-state index is -0.408. The lowest BCUT2D eigenvalue weighted by Gasteiger charge is -2.16. The number of hydrogen-bond donors (Lipinski definition) is 0. The lowest BCUT2D eigenvalue weighted by Crippen LogP contribution is -2.28. The molecule has 0 atom stereocenters. The monoisotopic (exact) mass is 539 g/mol. The Bertz CT molecular complexity index is 1270. The van der Waals surface area contributed by atoms with Crippen LogP contribution in [0.1, 0.15) is 16.7 Å². The number of para-hydroxylation sites is 2. The number of aryl methyl sites for hydroxylation is 1. The predicted octanol–water partition coefficient (Wildman–Crippen LogP) is 6.59. The number of hydrogen-bond acceptors (Lipinski definition) is 6. The van der Waals surface area contributed by atoms with Gasteiger partial charge in [-0.3, -0.25) is 9.59 Å². The molecule has 1 heterocycles. The van der Waals surface area contributed by atoms with E-state index in [4.69, 9.17) is 14.2 Å². The van der Waals surface area contributed by atoms with Gasteiger partial charge >= 0.3 is 0 Å². The smallest absolute Gasteiger partial charge is 0.298 e. The van der Waals surface area contributed by atoms with Crippen molar-refractivity contribution in [3.63, 3.8) is 0 Å². The molecule has 1 saturated heterocycles. The number of nitrogens with zero attached hydrogens (tertiary/aromatic N) is 1. The number of rotatable bonds is 7. The van der Waals surface area contributed by atoms with Crippen molar-refractivity contribution in [1.29, 1.82) is 0 Å². The van der Waals surface area contributed by atoms with Crippen molar-refractivity contribution in [3.05, 3.63) is 86.7 Å². The summed E-state index contributed by atoms with van der Waals surface area (Å²) >= 11 is 4.43. The molecule has 2 amide bonds. The van der Waals surface area contributed by atoms with Gasteiger partial charge in [-0.25, -0.2) is 4.90 Å². The Kier molecular flexibility index (Phi) is 7.29. The zero-order valence-corrected chi connectivity index (χ0v) is 21.2. The topological polar surface area (TPSA) is 65.1 Å². The van der Waals surface area contributed by atoms with E-state index in [1.165, 1.54) is 12.7 Å². The number of benzene rings is 3. The Hall–Kier alpha value is -3.23. The highest BCUT2D eigenvalue weighted by molar-refractivity contribution is 9.10. The van der Waals surface area contributed by atoms with Crippen LogP contribution in [-0.4, -0.2) is 25.4 Å². The number of methoxy groups -OCH3 is 2. The minimum Gasteiger partial charge on any atom is -0.495 e. The Morgan fingerprint density at radius 2 is 1.68 bits per heavy atom. The largest absolute Gasteiger partial charge is 0.495 e. The third-order valence-electron chi connectivity index (χ3n) is 5.17. The normalized spacial score (nSPS) is 14.6. The number of imide groups is 1. The summed E-state index contributed by atoms with van der Waals surface area (Å²) in [5.74, 6) is 1.11. The lowest BCUT2D eigenvalue weighted by molar-refractivity contribution is -0.113. The van der Waals surface area contributed by atoms with Crippen LogP contribution in [0.15, 0.2) is 70.0 Å². The summed E-state index contributed by atoms with van der Waals surface area (Å²) in [5.41, 5.74) is 3.32. The Labute approximate surface area is 210 Å². The first-order valence-electron chi connectivity index (χ1n) is 10.4. The third kappa shape index (κ3) is 4.98. The summed E-state index contributed by atoms with van der Waals surface area (Å²) in [6.07, 6.45) is 1.66. The maximum atomic E-state index is 13.1. The van der Waals surface area contributed by atoms with Crippen LogP contribution in [0.3, 0.4) is 0 Å². The average Bonchev–Trinajstić information content (AvgIpc) is 3.11. The lowest BCUT2D eigenvalue weighted by atomic mass is 10.1. The van der Waals surface area contributed by atoms with E-state index in [-0.39, 0.29) is 5.24 Å². The van der Waals surface area contributed by atoms with Crippen LogP contribution in [-0.2, 0) is 11.4 Å². The number of ether oxygens (including phenoxy) is 3. The number of carbonyl (C=O) groups is 2. The minimum absolute atomic E-state index is 0.304. The van der Waals surface area contributed by atoms with Crippen molar-refractivity contribution in [2.24, 2.45) is 0 Å². The fraction of sp³-hybridized carbons (Fsp3) is 0.154. The van der Waals surface area contributed by atoms with Gasteiger partial charge in [0.05, 0.1) is 29.3 Å². The molecule has 0 unspecified atom stereocenters. The van der Waals surface area contributed by atoms with E-state index in [0.717, 1.165) is 22.2 Å². The van der Waals surface area contributed by atoms with E-state index in [2.05, 4.69) is 15.9 Å². The molecule has 0 saturated carbocycles.